The van der Waals surface area contributed by atoms with Crippen LogP contribution in [0.25, 0.3) is 0 Å². The summed E-state index contributed by atoms with van der Waals surface area (Å²) in [6.07, 6.45) is -4.18. The summed E-state index contributed by atoms with van der Waals surface area (Å²) in [6.45, 7) is -0.672. The molecule has 0 aromatic rings. The summed E-state index contributed by atoms with van der Waals surface area (Å²) in [7, 11) is 0. The molecule has 0 radical (unpaired) electrons. The summed E-state index contributed by atoms with van der Waals surface area (Å²) in [5, 5.41) is 45.6. The summed E-state index contributed by atoms with van der Waals surface area (Å²) in [5.41, 5.74) is 0. The first kappa shape index (κ1) is 16.0. The number of likely N-dealkylation sites (tertiary alicyclic amines) is 1. The van der Waals surface area contributed by atoms with Crippen molar-refractivity contribution >= 4 is 11.8 Å². The quantitative estimate of drug-likeness (QED) is 0.336. The molecule has 1 aliphatic rings. The number of carbonyl (C=O) groups is 2. The number of aliphatic carboxylic acids is 1. The van der Waals surface area contributed by atoms with Crippen LogP contribution in [0.5, 0.6) is 0 Å². The van der Waals surface area contributed by atoms with Gasteiger partial charge in [-0.2, -0.15) is 0 Å². The number of nitrogens with zero attached hydrogens (tertiary/aromatic N) is 1. The predicted molar refractivity (Wildman–Crippen MR) is 62.3 cm³/mol. The Morgan fingerprint density at radius 2 is 1.89 bits per heavy atom. The molecule has 1 saturated heterocycles. The number of carboxylic acid groups (broad SMARTS) is 1. The van der Waals surface area contributed by atoms with E-state index in [1.165, 1.54) is 4.90 Å². The van der Waals surface area contributed by atoms with Crippen LogP contribution >= 0.6 is 0 Å². The number of carboxylic acids is 1. The number of rotatable bonds is 7. The van der Waals surface area contributed by atoms with Gasteiger partial charge in [0, 0.05) is 0 Å². The molecular weight excluding hydrogens is 258 g/mol. The van der Waals surface area contributed by atoms with E-state index in [0.717, 1.165) is 0 Å². The topological polar surface area (TPSA) is 139 Å². The number of ketones is 1. The molecule has 0 amide bonds. The fourth-order valence-electron chi connectivity index (χ4n) is 2.10. The Bertz CT molecular complexity index is 335. The van der Waals surface area contributed by atoms with Crippen LogP contribution in [-0.4, -0.2) is 86.2 Å². The smallest absolute Gasteiger partial charge is 0.320 e. The third-order valence-corrected chi connectivity index (χ3v) is 3.24. The predicted octanol–water partition coefficient (Wildman–Crippen LogP) is -2.82. The van der Waals surface area contributed by atoms with Crippen molar-refractivity contribution in [3.05, 3.63) is 0 Å². The Balaban J connectivity index is 2.56. The van der Waals surface area contributed by atoms with Gasteiger partial charge in [0.15, 0.2) is 5.78 Å². The molecule has 1 fully saturated rings. The minimum Gasteiger partial charge on any atom is -0.480 e. The Morgan fingerprint density at radius 3 is 2.42 bits per heavy atom. The van der Waals surface area contributed by atoms with E-state index in [-0.39, 0.29) is 6.54 Å². The molecule has 0 aliphatic carbocycles. The zero-order chi connectivity index (χ0) is 14.6. The summed E-state index contributed by atoms with van der Waals surface area (Å²) in [6, 6.07) is -0.768. The Hall–Kier alpha value is -1.06. The molecule has 8 heteroatoms. The first-order valence-corrected chi connectivity index (χ1v) is 6.03. The maximum Gasteiger partial charge on any atom is 0.320 e. The number of hydrogen-bond donors (Lipinski definition) is 5. The second kappa shape index (κ2) is 6.92. The van der Waals surface area contributed by atoms with Crippen LogP contribution in [0.1, 0.15) is 12.8 Å². The minimum atomic E-state index is -1.85. The first-order chi connectivity index (χ1) is 8.88. The Kier molecular flexibility index (Phi) is 5.83. The van der Waals surface area contributed by atoms with Gasteiger partial charge in [0.2, 0.25) is 0 Å². The lowest BCUT2D eigenvalue weighted by atomic mass is 10.0. The van der Waals surface area contributed by atoms with Crippen molar-refractivity contribution in [2.75, 3.05) is 19.7 Å². The third kappa shape index (κ3) is 3.95. The standard InChI is InChI=1S/C11H19NO7/c13-5-8(15)10(17)9(16)7(14)4-12-3-1-2-6(12)11(18)19/h6,8-10,13,15-17H,1-5H2,(H,18,19). The molecule has 0 bridgehead atoms. The first-order valence-electron chi connectivity index (χ1n) is 6.03. The molecular formula is C11H19NO7. The molecule has 1 heterocycles. The summed E-state index contributed by atoms with van der Waals surface area (Å²) in [4.78, 5) is 24.0. The summed E-state index contributed by atoms with van der Waals surface area (Å²) in [5.74, 6) is -1.82. The van der Waals surface area contributed by atoms with E-state index >= 15 is 0 Å². The van der Waals surface area contributed by atoms with Gasteiger partial charge in [-0.3, -0.25) is 14.5 Å². The van der Waals surface area contributed by atoms with Crippen molar-refractivity contribution < 1.29 is 35.1 Å². The average molecular weight is 277 g/mol. The van der Waals surface area contributed by atoms with Crippen LogP contribution in [-0.2, 0) is 9.59 Å². The monoisotopic (exact) mass is 277 g/mol. The molecule has 1 aliphatic heterocycles. The van der Waals surface area contributed by atoms with Gasteiger partial charge in [0.05, 0.1) is 13.2 Å². The van der Waals surface area contributed by atoms with Gasteiger partial charge in [-0.1, -0.05) is 0 Å². The maximum atomic E-state index is 11.7. The second-order valence-corrected chi connectivity index (χ2v) is 4.62. The maximum absolute atomic E-state index is 11.7. The largest absolute Gasteiger partial charge is 0.480 e. The van der Waals surface area contributed by atoms with Gasteiger partial charge in [0.1, 0.15) is 24.4 Å². The van der Waals surface area contributed by atoms with Crippen LogP contribution in [0.3, 0.4) is 0 Å². The average Bonchev–Trinajstić information content (AvgIpc) is 2.84. The normalized spacial score (nSPS) is 24.9. The highest BCUT2D eigenvalue weighted by molar-refractivity contribution is 5.86. The van der Waals surface area contributed by atoms with Crippen molar-refractivity contribution in [3.63, 3.8) is 0 Å². The SMILES string of the molecule is O=C(CN1CCCC1C(=O)O)C(O)C(O)C(O)CO. The van der Waals surface area contributed by atoms with Crippen LogP contribution in [0, 0.1) is 0 Å². The number of aliphatic hydroxyl groups is 4. The molecule has 4 unspecified atom stereocenters. The van der Waals surface area contributed by atoms with Crippen LogP contribution in [0.2, 0.25) is 0 Å². The molecule has 0 aromatic carbocycles. The van der Waals surface area contributed by atoms with Crippen LogP contribution in [0.4, 0.5) is 0 Å². The zero-order valence-electron chi connectivity index (χ0n) is 10.3. The van der Waals surface area contributed by atoms with Gasteiger partial charge < -0.3 is 25.5 Å². The summed E-state index contributed by atoms with van der Waals surface area (Å²) < 4.78 is 0. The van der Waals surface area contributed by atoms with Gasteiger partial charge in [-0.25, -0.2) is 0 Å². The van der Waals surface area contributed by atoms with E-state index in [0.29, 0.717) is 19.4 Å². The zero-order valence-corrected chi connectivity index (χ0v) is 10.3. The lowest BCUT2D eigenvalue weighted by Crippen LogP contribution is -2.48. The number of aliphatic hydroxyl groups excluding tert-OH is 4. The molecule has 0 spiro atoms. The van der Waals surface area contributed by atoms with E-state index in [4.69, 9.17) is 15.3 Å². The van der Waals surface area contributed by atoms with E-state index in [9.17, 15) is 19.8 Å². The van der Waals surface area contributed by atoms with Gasteiger partial charge in [-0.05, 0) is 19.4 Å². The summed E-state index contributed by atoms with van der Waals surface area (Å²) >= 11 is 0. The third-order valence-electron chi connectivity index (χ3n) is 3.24. The molecule has 1 rings (SSSR count). The highest BCUT2D eigenvalue weighted by atomic mass is 16.4. The van der Waals surface area contributed by atoms with Crippen molar-refractivity contribution in [2.24, 2.45) is 0 Å². The Labute approximate surface area is 109 Å². The highest BCUT2D eigenvalue weighted by Gasteiger charge is 2.35. The minimum absolute atomic E-state index is 0.312. The van der Waals surface area contributed by atoms with Crippen LogP contribution in [0.15, 0.2) is 0 Å². The van der Waals surface area contributed by atoms with Gasteiger partial charge in [0.25, 0.3) is 0 Å². The van der Waals surface area contributed by atoms with E-state index in [2.05, 4.69) is 0 Å². The molecule has 5 N–H and O–H groups in total. The van der Waals surface area contributed by atoms with E-state index in [1.807, 2.05) is 0 Å². The molecule has 110 valence electrons. The van der Waals surface area contributed by atoms with Crippen LogP contribution < -0.4 is 0 Å². The van der Waals surface area contributed by atoms with Crippen molar-refractivity contribution in [1.29, 1.82) is 0 Å². The molecule has 4 atom stereocenters. The second-order valence-electron chi connectivity index (χ2n) is 4.62. The lowest BCUT2D eigenvalue weighted by molar-refractivity contribution is -0.145. The number of carbonyl (C=O) groups excluding carboxylic acids is 1. The van der Waals surface area contributed by atoms with Crippen molar-refractivity contribution in [1.82, 2.24) is 4.90 Å². The van der Waals surface area contributed by atoms with Gasteiger partial charge >= 0.3 is 5.97 Å². The molecule has 8 nitrogen and oxygen atoms in total. The van der Waals surface area contributed by atoms with Crippen molar-refractivity contribution in [3.8, 4) is 0 Å². The highest BCUT2D eigenvalue weighted by Crippen LogP contribution is 2.17. The molecule has 0 saturated carbocycles. The fourth-order valence-corrected chi connectivity index (χ4v) is 2.10. The number of Topliss-reactive ketones (excluding diaryl/α,β-unsaturated/α-hetero) is 1. The Morgan fingerprint density at radius 1 is 1.26 bits per heavy atom. The van der Waals surface area contributed by atoms with Gasteiger partial charge in [-0.15, -0.1) is 0 Å². The fraction of sp³-hybridized carbons (Fsp3) is 0.818. The molecule has 19 heavy (non-hydrogen) atoms. The van der Waals surface area contributed by atoms with Crippen molar-refractivity contribution in [2.45, 2.75) is 37.2 Å². The van der Waals surface area contributed by atoms with E-state index < -0.39 is 42.7 Å². The molecule has 0 aromatic heterocycles. The lowest BCUT2D eigenvalue weighted by Gasteiger charge is -2.24. The number of hydrogen-bond acceptors (Lipinski definition) is 7. The van der Waals surface area contributed by atoms with E-state index in [1.54, 1.807) is 0 Å².